The molecule has 0 radical (unpaired) electrons. The number of nitrogens with zero attached hydrogens (tertiary/aromatic N) is 1. The van der Waals surface area contributed by atoms with Crippen molar-refractivity contribution >= 4 is 23.2 Å². The Morgan fingerprint density at radius 1 is 1.22 bits per heavy atom. The number of benzene rings is 1. The van der Waals surface area contributed by atoms with E-state index < -0.39 is 6.04 Å². The van der Waals surface area contributed by atoms with Crippen LogP contribution >= 0.6 is 0 Å². The van der Waals surface area contributed by atoms with Gasteiger partial charge in [0.15, 0.2) is 0 Å². The third-order valence-electron chi connectivity index (χ3n) is 3.76. The summed E-state index contributed by atoms with van der Waals surface area (Å²) in [5.41, 5.74) is 3.33. The zero-order valence-electron chi connectivity index (χ0n) is 9.51. The van der Waals surface area contributed by atoms with E-state index in [1.165, 1.54) is 0 Å². The molecule has 3 aliphatic heterocycles. The number of hydrogen-bond donors (Lipinski definition) is 2. The Balaban J connectivity index is 1.82. The highest BCUT2D eigenvalue weighted by Gasteiger charge is 2.44. The molecule has 1 aromatic carbocycles. The van der Waals surface area contributed by atoms with Crippen molar-refractivity contribution in [3.05, 3.63) is 35.9 Å². The molecule has 3 aliphatic rings. The van der Waals surface area contributed by atoms with Gasteiger partial charge in [0.2, 0.25) is 0 Å². The Bertz CT molecular complexity index is 608. The lowest BCUT2D eigenvalue weighted by molar-refractivity contribution is -0.120. The van der Waals surface area contributed by atoms with Crippen molar-refractivity contribution in [2.45, 2.75) is 12.1 Å². The van der Waals surface area contributed by atoms with Crippen molar-refractivity contribution in [2.75, 3.05) is 11.9 Å². The van der Waals surface area contributed by atoms with Gasteiger partial charge in [-0.05, 0) is 17.7 Å². The highest BCUT2D eigenvalue weighted by atomic mass is 16.2. The van der Waals surface area contributed by atoms with Crippen LogP contribution in [-0.2, 0) is 4.79 Å². The summed E-state index contributed by atoms with van der Waals surface area (Å²) >= 11 is 0. The number of hydrogen-bond acceptors (Lipinski definition) is 3. The van der Waals surface area contributed by atoms with Gasteiger partial charge in [0, 0.05) is 17.8 Å². The van der Waals surface area contributed by atoms with Gasteiger partial charge in [-0.15, -0.1) is 0 Å². The van der Waals surface area contributed by atoms with Gasteiger partial charge < -0.3 is 10.2 Å². The molecule has 2 atom stereocenters. The van der Waals surface area contributed by atoms with Gasteiger partial charge in [-0.3, -0.25) is 10.1 Å². The molecular weight excluding hydrogens is 230 g/mol. The molecule has 0 spiro atoms. The Hall–Kier alpha value is -2.30. The van der Waals surface area contributed by atoms with Crippen molar-refractivity contribution in [3.63, 3.8) is 0 Å². The lowest BCUT2D eigenvalue weighted by atomic mass is 9.95. The van der Waals surface area contributed by atoms with E-state index in [1.54, 1.807) is 4.90 Å². The van der Waals surface area contributed by atoms with Gasteiger partial charge in [-0.2, -0.15) is 0 Å². The van der Waals surface area contributed by atoms with E-state index in [1.807, 2.05) is 30.3 Å². The summed E-state index contributed by atoms with van der Waals surface area (Å²) in [5, 5.41) is 5.73. The number of anilines is 1. The van der Waals surface area contributed by atoms with E-state index >= 15 is 0 Å². The first-order valence-corrected chi connectivity index (χ1v) is 5.93. The van der Waals surface area contributed by atoms with E-state index in [0.717, 1.165) is 16.8 Å². The van der Waals surface area contributed by atoms with Crippen molar-refractivity contribution in [2.24, 2.45) is 0 Å². The predicted octanol–water partition coefficient (Wildman–Crippen LogP) is 0.798. The molecule has 5 heteroatoms. The number of carbonyl (C=O) groups is 2. The monoisotopic (exact) mass is 241 g/mol. The largest absolute Gasteiger partial charge is 0.376 e. The summed E-state index contributed by atoms with van der Waals surface area (Å²) in [6.07, 6.45) is 1.90. The molecule has 3 heterocycles. The second-order valence-electron chi connectivity index (χ2n) is 4.76. The summed E-state index contributed by atoms with van der Waals surface area (Å²) < 4.78 is 0. The summed E-state index contributed by atoms with van der Waals surface area (Å²) in [6.45, 7) is 0.531. The molecule has 0 aromatic heterocycles. The van der Waals surface area contributed by atoms with E-state index in [4.69, 9.17) is 0 Å². The number of para-hydroxylation sites is 1. The minimum Gasteiger partial charge on any atom is -0.376 e. The molecule has 3 amide bonds. The molecular formula is C13H11N3O2. The first-order chi connectivity index (χ1) is 8.74. The number of amides is 3. The normalized spacial score (nSPS) is 28.0. The van der Waals surface area contributed by atoms with Crippen molar-refractivity contribution in [1.29, 1.82) is 0 Å². The molecule has 2 N–H and O–H groups in total. The van der Waals surface area contributed by atoms with Crippen LogP contribution < -0.4 is 10.6 Å². The fourth-order valence-corrected chi connectivity index (χ4v) is 2.91. The standard InChI is InChI=1S/C13H11N3O2/c17-12-11-5-8-7-3-1-2-4-9(7)14-10(8)6-16(11)13(18)15-12/h1-5,10-11,14H,6H2,(H,15,17,18). The number of urea groups is 1. The second-order valence-corrected chi connectivity index (χ2v) is 4.76. The van der Waals surface area contributed by atoms with Gasteiger partial charge in [0.05, 0.1) is 6.04 Å². The molecule has 1 fully saturated rings. The lowest BCUT2D eigenvalue weighted by Crippen LogP contribution is -2.44. The van der Waals surface area contributed by atoms with E-state index in [0.29, 0.717) is 6.54 Å². The zero-order chi connectivity index (χ0) is 12.3. The average molecular weight is 241 g/mol. The van der Waals surface area contributed by atoms with Crippen LogP contribution in [0.4, 0.5) is 10.5 Å². The van der Waals surface area contributed by atoms with Crippen LogP contribution in [-0.4, -0.2) is 35.5 Å². The Morgan fingerprint density at radius 2 is 2.06 bits per heavy atom. The molecule has 0 saturated carbocycles. The molecule has 1 saturated heterocycles. The van der Waals surface area contributed by atoms with Crippen LogP contribution in [0, 0.1) is 0 Å². The van der Waals surface area contributed by atoms with E-state index in [9.17, 15) is 9.59 Å². The summed E-state index contributed by atoms with van der Waals surface area (Å²) in [6, 6.07) is 7.36. The number of rotatable bonds is 0. The van der Waals surface area contributed by atoms with E-state index in [-0.39, 0.29) is 18.0 Å². The SMILES string of the molecule is O=C1NC(=O)N2CC3Nc4ccccc4C3=CC12. The minimum atomic E-state index is -0.447. The Kier molecular flexibility index (Phi) is 1.69. The minimum absolute atomic E-state index is 0.0929. The molecule has 4 rings (SSSR count). The first-order valence-electron chi connectivity index (χ1n) is 5.93. The van der Waals surface area contributed by atoms with Crippen LogP contribution in [0.25, 0.3) is 5.57 Å². The van der Waals surface area contributed by atoms with Gasteiger partial charge in [0.1, 0.15) is 6.04 Å². The van der Waals surface area contributed by atoms with Crippen LogP contribution in [0.3, 0.4) is 0 Å². The van der Waals surface area contributed by atoms with Crippen molar-refractivity contribution in [1.82, 2.24) is 10.2 Å². The molecule has 0 aliphatic carbocycles. The Labute approximate surface area is 103 Å². The molecule has 2 unspecified atom stereocenters. The Morgan fingerprint density at radius 3 is 2.94 bits per heavy atom. The number of carbonyl (C=O) groups excluding carboxylic acids is 2. The summed E-state index contributed by atoms with van der Waals surface area (Å²) in [7, 11) is 0. The second kappa shape index (κ2) is 3.13. The predicted molar refractivity (Wildman–Crippen MR) is 65.9 cm³/mol. The molecule has 5 nitrogen and oxygen atoms in total. The smallest absolute Gasteiger partial charge is 0.325 e. The quantitative estimate of drug-likeness (QED) is 0.660. The topological polar surface area (TPSA) is 61.4 Å². The third kappa shape index (κ3) is 1.11. The van der Waals surface area contributed by atoms with Gasteiger partial charge in [0.25, 0.3) is 5.91 Å². The zero-order valence-corrected chi connectivity index (χ0v) is 9.51. The molecule has 0 bridgehead atoms. The maximum absolute atomic E-state index is 11.7. The molecule has 90 valence electrons. The van der Waals surface area contributed by atoms with E-state index in [2.05, 4.69) is 10.6 Å². The van der Waals surface area contributed by atoms with Crippen LogP contribution in [0.5, 0.6) is 0 Å². The van der Waals surface area contributed by atoms with Crippen molar-refractivity contribution < 1.29 is 9.59 Å². The summed E-state index contributed by atoms with van der Waals surface area (Å²) in [4.78, 5) is 24.9. The first kappa shape index (κ1) is 9.70. The highest BCUT2D eigenvalue weighted by Crippen LogP contribution is 2.38. The van der Waals surface area contributed by atoms with Crippen LogP contribution in [0.1, 0.15) is 5.56 Å². The fourth-order valence-electron chi connectivity index (χ4n) is 2.91. The number of fused-ring (bicyclic) bond motifs is 4. The number of nitrogens with one attached hydrogen (secondary N) is 2. The third-order valence-corrected chi connectivity index (χ3v) is 3.76. The average Bonchev–Trinajstić information content (AvgIpc) is 2.86. The molecule has 1 aromatic rings. The fraction of sp³-hybridized carbons (Fsp3) is 0.231. The maximum Gasteiger partial charge on any atom is 0.325 e. The van der Waals surface area contributed by atoms with Gasteiger partial charge >= 0.3 is 6.03 Å². The van der Waals surface area contributed by atoms with Crippen LogP contribution in [0.2, 0.25) is 0 Å². The molecule has 18 heavy (non-hydrogen) atoms. The lowest BCUT2D eigenvalue weighted by Gasteiger charge is -2.29. The van der Waals surface area contributed by atoms with Crippen LogP contribution in [0.15, 0.2) is 30.3 Å². The van der Waals surface area contributed by atoms with Gasteiger partial charge in [-0.25, -0.2) is 4.79 Å². The highest BCUT2D eigenvalue weighted by molar-refractivity contribution is 6.07. The van der Waals surface area contributed by atoms with Crippen molar-refractivity contribution in [3.8, 4) is 0 Å². The summed E-state index contributed by atoms with van der Waals surface area (Å²) in [5.74, 6) is -0.227. The van der Waals surface area contributed by atoms with Gasteiger partial charge in [-0.1, -0.05) is 18.2 Å². The number of imide groups is 1. The maximum atomic E-state index is 11.7.